The van der Waals surface area contributed by atoms with E-state index >= 15 is 0 Å². The highest BCUT2D eigenvalue weighted by atomic mass is 32.1. The molecule has 0 bridgehead atoms. The first-order valence-corrected chi connectivity index (χ1v) is 9.52. The van der Waals surface area contributed by atoms with Crippen LogP contribution in [0.2, 0.25) is 0 Å². The fourth-order valence-electron chi connectivity index (χ4n) is 3.22. The number of aromatic nitrogens is 2. The fourth-order valence-corrected chi connectivity index (χ4v) is 3.92. The third-order valence-corrected chi connectivity index (χ3v) is 5.34. The topological polar surface area (TPSA) is 96.0 Å². The molecule has 11 heteroatoms. The Morgan fingerprint density at radius 1 is 1.29 bits per heavy atom. The van der Waals surface area contributed by atoms with Crippen molar-refractivity contribution >= 4 is 39.5 Å². The maximum Gasteiger partial charge on any atom is 0.373 e. The number of imidazole rings is 1. The molecule has 2 aromatic heterocycles. The van der Waals surface area contributed by atoms with Gasteiger partial charge in [-0.25, -0.2) is 4.39 Å². The van der Waals surface area contributed by atoms with Gasteiger partial charge in [-0.15, -0.1) is 0 Å². The third-order valence-electron chi connectivity index (χ3n) is 4.58. The van der Waals surface area contributed by atoms with Gasteiger partial charge in [-0.2, -0.15) is 9.38 Å². The first kappa shape index (κ1) is 18.3. The van der Waals surface area contributed by atoms with Crippen molar-refractivity contribution in [2.24, 2.45) is 0 Å². The summed E-state index contributed by atoms with van der Waals surface area (Å²) in [6.07, 6.45) is 1.64. The van der Waals surface area contributed by atoms with E-state index in [1.807, 2.05) is 9.80 Å². The molecular formula is C17H17FN6O3S. The number of thiazole rings is 1. The lowest BCUT2D eigenvalue weighted by Crippen LogP contribution is -2.49. The summed E-state index contributed by atoms with van der Waals surface area (Å²) in [6, 6.07) is 6.01. The molecule has 146 valence electrons. The van der Waals surface area contributed by atoms with Crippen molar-refractivity contribution in [3.05, 3.63) is 51.8 Å². The van der Waals surface area contributed by atoms with E-state index in [4.69, 9.17) is 0 Å². The van der Waals surface area contributed by atoms with E-state index in [-0.39, 0.29) is 24.0 Å². The Morgan fingerprint density at radius 3 is 2.75 bits per heavy atom. The predicted molar refractivity (Wildman–Crippen MR) is 103 cm³/mol. The molecule has 1 aliphatic heterocycles. The first-order valence-electron chi connectivity index (χ1n) is 8.64. The van der Waals surface area contributed by atoms with Gasteiger partial charge in [0.05, 0.1) is 12.2 Å². The number of carbonyl (C=O) groups is 1. The van der Waals surface area contributed by atoms with Gasteiger partial charge in [0.25, 0.3) is 4.96 Å². The third kappa shape index (κ3) is 3.53. The van der Waals surface area contributed by atoms with Crippen LogP contribution in [0, 0.1) is 15.9 Å². The van der Waals surface area contributed by atoms with Crippen molar-refractivity contribution < 1.29 is 14.1 Å². The second-order valence-corrected chi connectivity index (χ2v) is 7.24. The number of fused-ring (bicyclic) bond motifs is 1. The van der Waals surface area contributed by atoms with Crippen LogP contribution in [-0.4, -0.2) is 57.8 Å². The molecule has 0 spiro atoms. The highest BCUT2D eigenvalue weighted by molar-refractivity contribution is 7.15. The summed E-state index contributed by atoms with van der Waals surface area (Å²) < 4.78 is 15.1. The number of anilines is 2. The van der Waals surface area contributed by atoms with Crippen LogP contribution in [-0.2, 0) is 4.79 Å². The van der Waals surface area contributed by atoms with Gasteiger partial charge in [-0.1, -0.05) is 23.5 Å². The van der Waals surface area contributed by atoms with E-state index < -0.39 is 10.7 Å². The van der Waals surface area contributed by atoms with E-state index in [0.29, 0.717) is 37.0 Å². The number of amides is 1. The SMILES string of the molecule is O=C(CN1CCN(c2nc3sccn3c2[N+](=O)[O-])CC1)Nc1ccccc1F. The minimum Gasteiger partial charge on any atom is -0.358 e. The monoisotopic (exact) mass is 404 g/mol. The molecule has 1 N–H and O–H groups in total. The van der Waals surface area contributed by atoms with E-state index in [1.165, 1.54) is 27.9 Å². The number of benzene rings is 1. The summed E-state index contributed by atoms with van der Waals surface area (Å²) in [4.78, 5) is 32.0. The van der Waals surface area contributed by atoms with Crippen molar-refractivity contribution in [3.8, 4) is 0 Å². The molecule has 1 aliphatic rings. The Morgan fingerprint density at radius 2 is 2.04 bits per heavy atom. The molecule has 0 aliphatic carbocycles. The number of hydrogen-bond acceptors (Lipinski definition) is 7. The second-order valence-electron chi connectivity index (χ2n) is 6.36. The molecule has 1 saturated heterocycles. The van der Waals surface area contributed by atoms with Gasteiger partial charge in [-0.3, -0.25) is 9.69 Å². The summed E-state index contributed by atoms with van der Waals surface area (Å²) in [5.74, 6) is -0.464. The number of piperazine rings is 1. The predicted octanol–water partition coefficient (Wildman–Crippen LogP) is 2.20. The van der Waals surface area contributed by atoms with Gasteiger partial charge in [0, 0.05) is 31.6 Å². The van der Waals surface area contributed by atoms with Crippen LogP contribution >= 0.6 is 11.3 Å². The molecule has 3 aromatic rings. The smallest absolute Gasteiger partial charge is 0.358 e. The van der Waals surface area contributed by atoms with Crippen LogP contribution in [0.5, 0.6) is 0 Å². The number of nitrogens with one attached hydrogen (secondary N) is 1. The number of hydrogen-bond donors (Lipinski definition) is 1. The quantitative estimate of drug-likeness (QED) is 0.517. The number of para-hydroxylation sites is 1. The van der Waals surface area contributed by atoms with Gasteiger partial charge in [0.15, 0.2) is 0 Å². The Bertz CT molecular complexity index is 1030. The molecule has 9 nitrogen and oxygen atoms in total. The zero-order chi connectivity index (χ0) is 19.7. The van der Waals surface area contributed by atoms with Gasteiger partial charge in [-0.05, 0) is 17.1 Å². The fraction of sp³-hybridized carbons (Fsp3) is 0.294. The lowest BCUT2D eigenvalue weighted by atomic mass is 10.3. The molecule has 0 unspecified atom stereocenters. The molecule has 0 atom stereocenters. The van der Waals surface area contributed by atoms with E-state index in [2.05, 4.69) is 10.3 Å². The first-order chi connectivity index (χ1) is 13.5. The van der Waals surface area contributed by atoms with E-state index in [9.17, 15) is 19.3 Å². The average molecular weight is 404 g/mol. The molecule has 1 fully saturated rings. The van der Waals surface area contributed by atoms with Crippen LogP contribution in [0.4, 0.5) is 21.7 Å². The average Bonchev–Trinajstić information content (AvgIpc) is 3.25. The maximum absolute atomic E-state index is 13.6. The number of halogens is 1. The zero-order valence-corrected chi connectivity index (χ0v) is 15.6. The van der Waals surface area contributed by atoms with Gasteiger partial charge < -0.3 is 20.3 Å². The number of carbonyl (C=O) groups excluding carboxylic acids is 1. The molecule has 1 aromatic carbocycles. The van der Waals surface area contributed by atoms with E-state index in [1.54, 1.807) is 23.7 Å². The largest absolute Gasteiger partial charge is 0.373 e. The summed E-state index contributed by atoms with van der Waals surface area (Å²) >= 11 is 1.34. The summed E-state index contributed by atoms with van der Waals surface area (Å²) in [5, 5.41) is 15.8. The van der Waals surface area contributed by atoms with Gasteiger partial charge in [0.1, 0.15) is 12.0 Å². The molecule has 1 amide bonds. The lowest BCUT2D eigenvalue weighted by molar-refractivity contribution is -0.389. The summed E-state index contributed by atoms with van der Waals surface area (Å²) in [7, 11) is 0. The van der Waals surface area contributed by atoms with Crippen LogP contribution in [0.1, 0.15) is 0 Å². The zero-order valence-electron chi connectivity index (χ0n) is 14.7. The Kier molecular flexibility index (Phi) is 4.92. The van der Waals surface area contributed by atoms with Crippen molar-refractivity contribution in [3.63, 3.8) is 0 Å². The molecular weight excluding hydrogens is 387 g/mol. The standard InChI is InChI=1S/C17H17FN6O3S/c18-12-3-1-2-4-13(12)19-14(25)11-21-5-7-22(8-6-21)15-16(24(26)27)23-9-10-28-17(23)20-15/h1-4,9-10H,5-8,11H2,(H,19,25). The lowest BCUT2D eigenvalue weighted by Gasteiger charge is -2.34. The molecule has 28 heavy (non-hydrogen) atoms. The highest BCUT2D eigenvalue weighted by Gasteiger charge is 2.30. The normalized spacial score (nSPS) is 15.1. The van der Waals surface area contributed by atoms with E-state index in [0.717, 1.165) is 0 Å². The second kappa shape index (κ2) is 7.52. The molecule has 0 radical (unpaired) electrons. The number of nitrogens with zero attached hydrogens (tertiary/aromatic N) is 5. The van der Waals surface area contributed by atoms with Crippen molar-refractivity contribution in [2.75, 3.05) is 42.9 Å². The van der Waals surface area contributed by atoms with Gasteiger partial charge in [0.2, 0.25) is 11.7 Å². The summed E-state index contributed by atoms with van der Waals surface area (Å²) in [6.45, 7) is 2.25. The minimum absolute atomic E-state index is 0.0398. The maximum atomic E-state index is 13.6. The van der Waals surface area contributed by atoms with Crippen LogP contribution in [0.15, 0.2) is 35.8 Å². The highest BCUT2D eigenvalue weighted by Crippen LogP contribution is 2.31. The molecule has 4 rings (SSSR count). The van der Waals surface area contributed by atoms with Crippen molar-refractivity contribution in [2.45, 2.75) is 0 Å². The van der Waals surface area contributed by atoms with Gasteiger partial charge >= 0.3 is 5.82 Å². The van der Waals surface area contributed by atoms with Crippen LogP contribution in [0.3, 0.4) is 0 Å². The van der Waals surface area contributed by atoms with Crippen LogP contribution in [0.25, 0.3) is 4.96 Å². The van der Waals surface area contributed by atoms with Crippen LogP contribution < -0.4 is 10.2 Å². The Hall–Kier alpha value is -3.05. The minimum atomic E-state index is -0.479. The summed E-state index contributed by atoms with van der Waals surface area (Å²) in [5.41, 5.74) is 0.153. The Labute approximate surface area is 163 Å². The van der Waals surface area contributed by atoms with Crippen molar-refractivity contribution in [1.29, 1.82) is 0 Å². The Balaban J connectivity index is 1.38. The molecule has 0 saturated carbocycles. The van der Waals surface area contributed by atoms with Crippen molar-refractivity contribution in [1.82, 2.24) is 14.3 Å². The number of rotatable bonds is 5. The molecule has 3 heterocycles. The number of nitro groups is 1.